The summed E-state index contributed by atoms with van der Waals surface area (Å²) in [6.45, 7) is 4.28. The number of nitrogens with zero attached hydrogens (tertiary/aromatic N) is 1. The molecular weight excluding hydrogens is 286 g/mol. The highest BCUT2D eigenvalue weighted by atomic mass is 16.5. The van der Waals surface area contributed by atoms with Crippen molar-refractivity contribution in [3.8, 4) is 11.5 Å². The van der Waals surface area contributed by atoms with Crippen molar-refractivity contribution in [2.45, 2.75) is 39.4 Å². The lowest BCUT2D eigenvalue weighted by molar-refractivity contribution is -0.126. The van der Waals surface area contributed by atoms with Gasteiger partial charge in [0.1, 0.15) is 0 Å². The predicted octanol–water partition coefficient (Wildman–Crippen LogP) is 1.46. The van der Waals surface area contributed by atoms with E-state index in [9.17, 15) is 15.0 Å². The van der Waals surface area contributed by atoms with Crippen molar-refractivity contribution in [1.82, 2.24) is 0 Å². The van der Waals surface area contributed by atoms with Crippen molar-refractivity contribution < 1.29 is 24.5 Å². The first-order valence-corrected chi connectivity index (χ1v) is 7.65. The lowest BCUT2D eigenvalue weighted by atomic mass is 10.1. The molecule has 0 saturated heterocycles. The van der Waals surface area contributed by atoms with Crippen LogP contribution in [0.3, 0.4) is 0 Å². The smallest absolute Gasteiger partial charge is 0.268 e. The number of amides is 1. The van der Waals surface area contributed by atoms with Crippen LogP contribution in [0, 0.1) is 0 Å². The van der Waals surface area contributed by atoms with Crippen LogP contribution < -0.4 is 14.4 Å². The van der Waals surface area contributed by atoms with Crippen LogP contribution in [0.1, 0.15) is 32.3 Å². The average Bonchev–Trinajstić information content (AvgIpc) is 2.54. The zero-order chi connectivity index (χ0) is 16.1. The second-order valence-corrected chi connectivity index (χ2v) is 5.18. The lowest BCUT2D eigenvalue weighted by Gasteiger charge is -2.35. The van der Waals surface area contributed by atoms with Gasteiger partial charge in [-0.3, -0.25) is 4.79 Å². The predicted molar refractivity (Wildman–Crippen MR) is 82.3 cm³/mol. The Balaban J connectivity index is 2.50. The molecule has 0 bridgehead atoms. The molecule has 1 aromatic rings. The zero-order valence-electron chi connectivity index (χ0n) is 13.0. The minimum Gasteiger partial charge on any atom is -0.490 e. The van der Waals surface area contributed by atoms with Gasteiger partial charge in [-0.05, 0) is 30.5 Å². The van der Waals surface area contributed by atoms with E-state index in [1.54, 1.807) is 12.1 Å². The van der Waals surface area contributed by atoms with Crippen LogP contribution in [0.2, 0.25) is 0 Å². The SMILES string of the molecule is CCCOc1cc(CO)cc2c1OC(CC)C(=O)N2CCO. The molecule has 1 amide bonds. The third-order valence-electron chi connectivity index (χ3n) is 3.53. The maximum absolute atomic E-state index is 12.4. The van der Waals surface area contributed by atoms with E-state index in [0.717, 1.165) is 6.42 Å². The number of rotatable bonds is 7. The van der Waals surface area contributed by atoms with Crippen LogP contribution in [-0.4, -0.2) is 42.0 Å². The fourth-order valence-electron chi connectivity index (χ4n) is 2.45. The number of carbonyl (C=O) groups is 1. The topological polar surface area (TPSA) is 79.2 Å². The Kier molecular flexibility index (Phi) is 5.63. The van der Waals surface area contributed by atoms with Crippen molar-refractivity contribution >= 4 is 11.6 Å². The van der Waals surface area contributed by atoms with E-state index in [1.165, 1.54) is 4.90 Å². The van der Waals surface area contributed by atoms with Crippen molar-refractivity contribution in [3.05, 3.63) is 17.7 Å². The van der Waals surface area contributed by atoms with Gasteiger partial charge >= 0.3 is 0 Å². The largest absolute Gasteiger partial charge is 0.490 e. The summed E-state index contributed by atoms with van der Waals surface area (Å²) in [5, 5.41) is 18.7. The van der Waals surface area contributed by atoms with E-state index in [-0.39, 0.29) is 25.7 Å². The summed E-state index contributed by atoms with van der Waals surface area (Å²) in [5.74, 6) is 0.850. The number of benzene rings is 1. The molecule has 6 heteroatoms. The third-order valence-corrected chi connectivity index (χ3v) is 3.53. The number of anilines is 1. The number of carbonyl (C=O) groups excluding carboxylic acids is 1. The van der Waals surface area contributed by atoms with E-state index in [0.29, 0.717) is 35.8 Å². The molecule has 122 valence electrons. The van der Waals surface area contributed by atoms with E-state index in [1.807, 2.05) is 13.8 Å². The molecule has 0 aliphatic carbocycles. The Morgan fingerprint density at radius 1 is 1.32 bits per heavy atom. The maximum atomic E-state index is 12.4. The van der Waals surface area contributed by atoms with Crippen LogP contribution in [-0.2, 0) is 11.4 Å². The Labute approximate surface area is 130 Å². The van der Waals surface area contributed by atoms with Gasteiger partial charge < -0.3 is 24.6 Å². The molecule has 2 rings (SSSR count). The number of aliphatic hydroxyl groups is 2. The van der Waals surface area contributed by atoms with Crippen LogP contribution in [0.5, 0.6) is 11.5 Å². The molecule has 0 spiro atoms. The normalized spacial score (nSPS) is 17.2. The molecule has 1 aliphatic heterocycles. The molecule has 2 N–H and O–H groups in total. The highest BCUT2D eigenvalue weighted by Gasteiger charge is 2.35. The number of aliphatic hydroxyl groups excluding tert-OH is 2. The van der Waals surface area contributed by atoms with Gasteiger partial charge in [0.05, 0.1) is 25.5 Å². The van der Waals surface area contributed by atoms with Gasteiger partial charge in [-0.2, -0.15) is 0 Å². The van der Waals surface area contributed by atoms with Gasteiger partial charge in [0.15, 0.2) is 17.6 Å². The zero-order valence-corrected chi connectivity index (χ0v) is 13.0. The Morgan fingerprint density at radius 2 is 2.09 bits per heavy atom. The fourth-order valence-corrected chi connectivity index (χ4v) is 2.45. The first-order chi connectivity index (χ1) is 10.7. The summed E-state index contributed by atoms with van der Waals surface area (Å²) >= 11 is 0. The van der Waals surface area contributed by atoms with Gasteiger partial charge in [-0.15, -0.1) is 0 Å². The lowest BCUT2D eigenvalue weighted by Crippen LogP contribution is -2.47. The minimum atomic E-state index is -0.581. The van der Waals surface area contributed by atoms with Gasteiger partial charge in [0.2, 0.25) is 0 Å². The Bertz CT molecular complexity index is 532. The van der Waals surface area contributed by atoms with Gasteiger partial charge in [0.25, 0.3) is 5.91 Å². The van der Waals surface area contributed by atoms with Crippen LogP contribution in [0.15, 0.2) is 12.1 Å². The summed E-state index contributed by atoms with van der Waals surface area (Å²) in [4.78, 5) is 13.9. The van der Waals surface area contributed by atoms with Crippen molar-refractivity contribution in [1.29, 1.82) is 0 Å². The quantitative estimate of drug-likeness (QED) is 0.797. The standard InChI is InChI=1S/C16H23NO5/c1-3-7-21-14-9-11(10-19)8-12-15(14)22-13(4-2)16(20)17(12)5-6-18/h8-9,13,18-19H,3-7,10H2,1-2H3. The second kappa shape index (κ2) is 7.47. The first-order valence-electron chi connectivity index (χ1n) is 7.65. The van der Waals surface area contributed by atoms with E-state index < -0.39 is 6.10 Å². The summed E-state index contributed by atoms with van der Waals surface area (Å²) in [6, 6.07) is 3.43. The number of hydrogen-bond donors (Lipinski definition) is 2. The second-order valence-electron chi connectivity index (χ2n) is 5.18. The number of fused-ring (bicyclic) bond motifs is 1. The van der Waals surface area contributed by atoms with E-state index in [4.69, 9.17) is 9.47 Å². The van der Waals surface area contributed by atoms with E-state index >= 15 is 0 Å². The van der Waals surface area contributed by atoms with Crippen LogP contribution in [0.25, 0.3) is 0 Å². The molecule has 0 radical (unpaired) electrons. The molecule has 1 unspecified atom stereocenters. The van der Waals surface area contributed by atoms with Crippen LogP contribution in [0.4, 0.5) is 5.69 Å². The summed E-state index contributed by atoms with van der Waals surface area (Å²) < 4.78 is 11.5. The summed E-state index contributed by atoms with van der Waals surface area (Å²) in [6.07, 6.45) is 0.798. The molecule has 0 saturated carbocycles. The molecule has 1 aliphatic rings. The summed E-state index contributed by atoms with van der Waals surface area (Å²) in [5.41, 5.74) is 1.18. The molecule has 1 aromatic carbocycles. The van der Waals surface area contributed by atoms with Crippen LogP contribution >= 0.6 is 0 Å². The van der Waals surface area contributed by atoms with Crippen molar-refractivity contribution in [3.63, 3.8) is 0 Å². The number of ether oxygens (including phenoxy) is 2. The number of hydrogen-bond acceptors (Lipinski definition) is 5. The minimum absolute atomic E-state index is 0.143. The molecular formula is C16H23NO5. The first kappa shape index (κ1) is 16.6. The Morgan fingerprint density at radius 3 is 2.68 bits per heavy atom. The maximum Gasteiger partial charge on any atom is 0.268 e. The molecule has 1 heterocycles. The Hall–Kier alpha value is -1.79. The molecule has 0 aromatic heterocycles. The number of β-amino-alcohol motifs (C(OH)–C–C–N with tert-alkyl or cyclic N) is 1. The monoisotopic (exact) mass is 309 g/mol. The van der Waals surface area contributed by atoms with Gasteiger partial charge in [-0.25, -0.2) is 0 Å². The fraction of sp³-hybridized carbons (Fsp3) is 0.562. The summed E-state index contributed by atoms with van der Waals surface area (Å²) in [7, 11) is 0. The van der Waals surface area contributed by atoms with E-state index in [2.05, 4.69) is 0 Å². The third kappa shape index (κ3) is 3.18. The van der Waals surface area contributed by atoms with Gasteiger partial charge in [-0.1, -0.05) is 13.8 Å². The van der Waals surface area contributed by atoms with Crippen molar-refractivity contribution in [2.75, 3.05) is 24.7 Å². The molecule has 0 fully saturated rings. The average molecular weight is 309 g/mol. The highest BCUT2D eigenvalue weighted by Crippen LogP contribution is 2.43. The highest BCUT2D eigenvalue weighted by molar-refractivity contribution is 6.00. The van der Waals surface area contributed by atoms with Gasteiger partial charge in [0, 0.05) is 6.54 Å². The molecule has 22 heavy (non-hydrogen) atoms. The molecule has 1 atom stereocenters. The molecule has 6 nitrogen and oxygen atoms in total. The van der Waals surface area contributed by atoms with Crippen molar-refractivity contribution in [2.24, 2.45) is 0 Å².